The molecule has 28 heavy (non-hydrogen) atoms. The lowest BCUT2D eigenvalue weighted by Crippen LogP contribution is -2.55. The van der Waals surface area contributed by atoms with E-state index in [1.807, 2.05) is 17.0 Å². The molecule has 2 N–H and O–H groups in total. The van der Waals surface area contributed by atoms with Gasteiger partial charge in [0.15, 0.2) is 0 Å². The van der Waals surface area contributed by atoms with Crippen molar-refractivity contribution in [2.45, 2.75) is 57.0 Å². The van der Waals surface area contributed by atoms with Gasteiger partial charge in [0.25, 0.3) is 5.91 Å². The number of hydrogen-bond donors (Lipinski definition) is 2. The van der Waals surface area contributed by atoms with Crippen molar-refractivity contribution in [3.05, 3.63) is 41.0 Å². The average Bonchev–Trinajstić information content (AvgIpc) is 3.21. The lowest BCUT2D eigenvalue weighted by atomic mass is 9.91. The van der Waals surface area contributed by atoms with Gasteiger partial charge < -0.3 is 10.2 Å². The maximum Gasteiger partial charge on any atom is 0.255 e. The number of likely N-dealkylation sites (tertiary alicyclic amines) is 1. The maximum absolute atomic E-state index is 13.0. The summed E-state index contributed by atoms with van der Waals surface area (Å²) in [5.41, 5.74) is 1.89. The first kappa shape index (κ1) is 19.0. The SMILES string of the molecule is O=C(NC1CCCN(C2CCCCC2)C1=O)c1cn[nH]c1-c1ccc(Cl)cc1. The van der Waals surface area contributed by atoms with Crippen LogP contribution < -0.4 is 5.32 Å². The number of nitrogens with one attached hydrogen (secondary N) is 2. The zero-order chi connectivity index (χ0) is 19.5. The highest BCUT2D eigenvalue weighted by atomic mass is 35.5. The second kappa shape index (κ2) is 8.35. The number of benzene rings is 1. The minimum atomic E-state index is -0.462. The van der Waals surface area contributed by atoms with Gasteiger partial charge in [-0.05, 0) is 37.8 Å². The largest absolute Gasteiger partial charge is 0.340 e. The Balaban J connectivity index is 1.47. The first-order valence-corrected chi connectivity index (χ1v) is 10.4. The number of H-pyrrole nitrogens is 1. The van der Waals surface area contributed by atoms with Gasteiger partial charge in [0.05, 0.1) is 17.5 Å². The maximum atomic E-state index is 13.0. The van der Waals surface area contributed by atoms with Gasteiger partial charge in [-0.2, -0.15) is 5.10 Å². The van der Waals surface area contributed by atoms with E-state index in [2.05, 4.69) is 15.5 Å². The number of nitrogens with zero attached hydrogens (tertiary/aromatic N) is 2. The zero-order valence-electron chi connectivity index (χ0n) is 15.8. The quantitative estimate of drug-likeness (QED) is 0.819. The summed E-state index contributed by atoms with van der Waals surface area (Å²) in [6.07, 6.45) is 8.89. The van der Waals surface area contributed by atoms with Crippen molar-refractivity contribution < 1.29 is 9.59 Å². The molecule has 1 atom stereocenters. The lowest BCUT2D eigenvalue weighted by Gasteiger charge is -2.39. The second-order valence-electron chi connectivity index (χ2n) is 7.66. The molecule has 2 amide bonds. The third-order valence-corrected chi connectivity index (χ3v) is 6.06. The molecule has 0 bridgehead atoms. The van der Waals surface area contributed by atoms with Gasteiger partial charge in [-0.25, -0.2) is 0 Å². The van der Waals surface area contributed by atoms with E-state index in [4.69, 9.17) is 11.6 Å². The van der Waals surface area contributed by atoms with E-state index in [0.717, 1.165) is 31.4 Å². The molecule has 2 fully saturated rings. The zero-order valence-corrected chi connectivity index (χ0v) is 16.5. The molecule has 7 heteroatoms. The molecule has 1 aliphatic heterocycles. The van der Waals surface area contributed by atoms with Crippen LogP contribution in [-0.4, -0.2) is 45.5 Å². The van der Waals surface area contributed by atoms with Crippen LogP contribution in [-0.2, 0) is 4.79 Å². The van der Waals surface area contributed by atoms with Crippen LogP contribution in [0.5, 0.6) is 0 Å². The van der Waals surface area contributed by atoms with Crippen molar-refractivity contribution in [3.8, 4) is 11.3 Å². The van der Waals surface area contributed by atoms with Gasteiger partial charge in [0.2, 0.25) is 5.91 Å². The Morgan fingerprint density at radius 3 is 2.61 bits per heavy atom. The smallest absolute Gasteiger partial charge is 0.255 e. The number of hydrogen-bond acceptors (Lipinski definition) is 3. The molecule has 6 nitrogen and oxygen atoms in total. The number of amides is 2. The van der Waals surface area contributed by atoms with E-state index in [0.29, 0.717) is 28.7 Å². The Bertz CT molecular complexity index is 842. The van der Waals surface area contributed by atoms with Crippen LogP contribution in [0.2, 0.25) is 5.02 Å². The van der Waals surface area contributed by atoms with Crippen LogP contribution in [0.25, 0.3) is 11.3 Å². The fraction of sp³-hybridized carbons (Fsp3) is 0.476. The molecule has 4 rings (SSSR count). The summed E-state index contributed by atoms with van der Waals surface area (Å²) in [5.74, 6) is -0.217. The molecule has 2 aromatic rings. The van der Waals surface area contributed by atoms with Crippen LogP contribution in [0.4, 0.5) is 0 Å². The van der Waals surface area contributed by atoms with Crippen LogP contribution in [0, 0.1) is 0 Å². The number of carbonyl (C=O) groups excluding carboxylic acids is 2. The first-order chi connectivity index (χ1) is 13.6. The van der Waals surface area contributed by atoms with Gasteiger partial charge in [-0.3, -0.25) is 14.7 Å². The number of halogens is 1. The Morgan fingerprint density at radius 2 is 1.86 bits per heavy atom. The molecular weight excluding hydrogens is 376 g/mol. The molecule has 1 aliphatic carbocycles. The van der Waals surface area contributed by atoms with E-state index >= 15 is 0 Å². The molecule has 148 valence electrons. The second-order valence-corrected chi connectivity index (χ2v) is 8.09. The monoisotopic (exact) mass is 400 g/mol. The van der Waals surface area contributed by atoms with Crippen molar-refractivity contribution in [1.82, 2.24) is 20.4 Å². The molecule has 0 radical (unpaired) electrons. The minimum Gasteiger partial charge on any atom is -0.340 e. The Labute approximate surface area is 169 Å². The molecule has 0 spiro atoms. The molecule has 2 heterocycles. The number of aromatic nitrogens is 2. The first-order valence-electron chi connectivity index (χ1n) is 10.0. The summed E-state index contributed by atoms with van der Waals surface area (Å²) in [6, 6.07) is 7.08. The predicted molar refractivity (Wildman–Crippen MR) is 108 cm³/mol. The van der Waals surface area contributed by atoms with Gasteiger partial charge in [0.1, 0.15) is 6.04 Å². The number of rotatable bonds is 4. The fourth-order valence-electron chi connectivity index (χ4n) is 4.32. The Hall–Kier alpha value is -2.34. The van der Waals surface area contributed by atoms with E-state index in [1.165, 1.54) is 25.5 Å². The summed E-state index contributed by atoms with van der Waals surface area (Å²) < 4.78 is 0. The molecular formula is C21H25ClN4O2. The average molecular weight is 401 g/mol. The van der Waals surface area contributed by atoms with E-state index in [1.54, 1.807) is 12.1 Å². The minimum absolute atomic E-state index is 0.0584. The highest BCUT2D eigenvalue weighted by Crippen LogP contribution is 2.27. The number of aromatic amines is 1. The van der Waals surface area contributed by atoms with Crippen molar-refractivity contribution in [2.75, 3.05) is 6.54 Å². The summed E-state index contributed by atoms with van der Waals surface area (Å²) in [7, 11) is 0. The van der Waals surface area contributed by atoms with Gasteiger partial charge >= 0.3 is 0 Å². The third-order valence-electron chi connectivity index (χ3n) is 5.81. The van der Waals surface area contributed by atoms with Crippen LogP contribution in [0.1, 0.15) is 55.3 Å². The summed E-state index contributed by atoms with van der Waals surface area (Å²) in [4.78, 5) is 27.9. The molecule has 1 aromatic carbocycles. The summed E-state index contributed by atoms with van der Waals surface area (Å²) in [6.45, 7) is 0.803. The van der Waals surface area contributed by atoms with Crippen molar-refractivity contribution in [2.24, 2.45) is 0 Å². The molecule has 1 saturated heterocycles. The predicted octanol–water partition coefficient (Wildman–Crippen LogP) is 3.78. The van der Waals surface area contributed by atoms with Crippen molar-refractivity contribution in [1.29, 1.82) is 0 Å². The van der Waals surface area contributed by atoms with Crippen LogP contribution >= 0.6 is 11.6 Å². The Morgan fingerprint density at radius 1 is 1.11 bits per heavy atom. The molecule has 1 aromatic heterocycles. The number of carbonyl (C=O) groups is 2. The van der Waals surface area contributed by atoms with Crippen molar-refractivity contribution in [3.63, 3.8) is 0 Å². The molecule has 1 unspecified atom stereocenters. The molecule has 1 saturated carbocycles. The molecule has 2 aliphatic rings. The Kier molecular flexibility index (Phi) is 5.67. The fourth-order valence-corrected chi connectivity index (χ4v) is 4.45. The lowest BCUT2D eigenvalue weighted by molar-refractivity contribution is -0.139. The van der Waals surface area contributed by atoms with E-state index < -0.39 is 6.04 Å². The topological polar surface area (TPSA) is 78.1 Å². The van der Waals surface area contributed by atoms with Gasteiger partial charge in [0, 0.05) is 23.2 Å². The normalized spacial score (nSPS) is 21.0. The summed E-state index contributed by atoms with van der Waals surface area (Å²) >= 11 is 5.95. The highest BCUT2D eigenvalue weighted by Gasteiger charge is 2.35. The standard InChI is InChI=1S/C21H25ClN4O2/c22-15-10-8-14(9-11-15)19-17(13-23-25-19)20(27)24-18-7-4-12-26(21(18)28)16-5-2-1-3-6-16/h8-11,13,16,18H,1-7,12H2,(H,23,25)(H,24,27). The van der Waals surface area contributed by atoms with Crippen LogP contribution in [0.3, 0.4) is 0 Å². The third kappa shape index (κ3) is 3.92. The van der Waals surface area contributed by atoms with Gasteiger partial charge in [-0.1, -0.05) is 43.0 Å². The highest BCUT2D eigenvalue weighted by molar-refractivity contribution is 6.30. The van der Waals surface area contributed by atoms with E-state index in [9.17, 15) is 9.59 Å². The summed E-state index contributed by atoms with van der Waals surface area (Å²) in [5, 5.41) is 10.5. The number of piperidine rings is 1. The van der Waals surface area contributed by atoms with Crippen molar-refractivity contribution >= 4 is 23.4 Å². The van der Waals surface area contributed by atoms with E-state index in [-0.39, 0.29) is 11.8 Å². The van der Waals surface area contributed by atoms with Crippen LogP contribution in [0.15, 0.2) is 30.5 Å². The van der Waals surface area contributed by atoms with Gasteiger partial charge in [-0.15, -0.1) is 0 Å².